The van der Waals surface area contributed by atoms with E-state index in [0.717, 1.165) is 38.5 Å². The maximum atomic E-state index is 12.3. The number of aliphatic hydroxyl groups excluding tert-OH is 1. The summed E-state index contributed by atoms with van der Waals surface area (Å²) in [5.74, 6) is 0.179. The van der Waals surface area contributed by atoms with E-state index in [2.05, 4.69) is 5.32 Å². The molecule has 1 aliphatic heterocycles. The zero-order valence-corrected chi connectivity index (χ0v) is 10.7. The zero-order valence-electron chi connectivity index (χ0n) is 10.7. The minimum Gasteiger partial charge on any atom is -0.395 e. The van der Waals surface area contributed by atoms with Gasteiger partial charge in [0.05, 0.1) is 6.61 Å². The summed E-state index contributed by atoms with van der Waals surface area (Å²) in [5, 5.41) is 11.4. The van der Waals surface area contributed by atoms with Crippen LogP contribution in [0.25, 0.3) is 0 Å². The van der Waals surface area contributed by atoms with Crippen LogP contribution in [-0.4, -0.2) is 47.6 Å². The molecule has 1 heterocycles. The highest BCUT2D eigenvalue weighted by Gasteiger charge is 2.37. The Morgan fingerprint density at radius 1 is 1.17 bits per heavy atom. The molecule has 1 unspecified atom stereocenters. The molecule has 1 atom stereocenters. The first-order valence-electron chi connectivity index (χ1n) is 6.93. The molecule has 2 aliphatic rings. The third-order valence-electron chi connectivity index (χ3n) is 3.95. The molecule has 102 valence electrons. The lowest BCUT2D eigenvalue weighted by Gasteiger charge is -2.26. The number of amides is 2. The molecule has 5 nitrogen and oxygen atoms in total. The van der Waals surface area contributed by atoms with Gasteiger partial charge in [-0.1, -0.05) is 12.8 Å². The van der Waals surface area contributed by atoms with Crippen molar-refractivity contribution in [2.45, 2.75) is 44.6 Å². The molecule has 0 aromatic carbocycles. The number of nitrogens with one attached hydrogen (secondary N) is 1. The van der Waals surface area contributed by atoms with Crippen molar-refractivity contribution in [3.8, 4) is 0 Å². The summed E-state index contributed by atoms with van der Waals surface area (Å²) in [6, 6.07) is -0.315. The van der Waals surface area contributed by atoms with Crippen LogP contribution in [0.4, 0.5) is 0 Å². The minimum atomic E-state index is -0.315. The van der Waals surface area contributed by atoms with Gasteiger partial charge in [0.15, 0.2) is 0 Å². The molecule has 2 fully saturated rings. The number of aliphatic hydroxyl groups is 1. The molecule has 2 N–H and O–H groups in total. The van der Waals surface area contributed by atoms with E-state index in [9.17, 15) is 9.59 Å². The maximum absolute atomic E-state index is 12.3. The Bertz CT molecular complexity index is 313. The summed E-state index contributed by atoms with van der Waals surface area (Å²) in [6.45, 7) is 0.905. The largest absolute Gasteiger partial charge is 0.395 e. The summed E-state index contributed by atoms with van der Waals surface area (Å²) in [6.07, 6.45) is 5.85. The predicted molar refractivity (Wildman–Crippen MR) is 66.8 cm³/mol. The number of rotatable bonds is 4. The fourth-order valence-electron chi connectivity index (χ4n) is 3.01. The lowest BCUT2D eigenvalue weighted by Crippen LogP contribution is -2.48. The van der Waals surface area contributed by atoms with Crippen molar-refractivity contribution in [1.29, 1.82) is 0 Å². The van der Waals surface area contributed by atoms with E-state index in [1.165, 1.54) is 0 Å². The van der Waals surface area contributed by atoms with Gasteiger partial charge in [0.2, 0.25) is 11.8 Å². The van der Waals surface area contributed by atoms with Gasteiger partial charge >= 0.3 is 0 Å². The van der Waals surface area contributed by atoms with Crippen LogP contribution in [0.1, 0.15) is 38.5 Å². The molecule has 2 rings (SSSR count). The Balaban J connectivity index is 1.93. The van der Waals surface area contributed by atoms with Gasteiger partial charge < -0.3 is 15.3 Å². The predicted octanol–water partition coefficient (Wildman–Crippen LogP) is 0.276. The second-order valence-corrected chi connectivity index (χ2v) is 5.19. The van der Waals surface area contributed by atoms with Gasteiger partial charge in [-0.2, -0.15) is 0 Å². The molecule has 1 saturated carbocycles. The van der Waals surface area contributed by atoms with E-state index in [0.29, 0.717) is 6.54 Å². The quantitative estimate of drug-likeness (QED) is 0.757. The molecule has 0 aromatic heterocycles. The van der Waals surface area contributed by atoms with Crippen LogP contribution in [0.2, 0.25) is 0 Å². The summed E-state index contributed by atoms with van der Waals surface area (Å²) in [5.41, 5.74) is 0. The van der Waals surface area contributed by atoms with E-state index in [1.54, 1.807) is 4.90 Å². The highest BCUT2D eigenvalue weighted by Crippen LogP contribution is 2.29. The van der Waals surface area contributed by atoms with Crippen molar-refractivity contribution in [1.82, 2.24) is 10.2 Å². The Hall–Kier alpha value is -1.10. The molecule has 0 aromatic rings. The Morgan fingerprint density at radius 3 is 2.56 bits per heavy atom. The van der Waals surface area contributed by atoms with Crippen LogP contribution in [0.3, 0.4) is 0 Å². The van der Waals surface area contributed by atoms with Crippen molar-refractivity contribution in [3.05, 3.63) is 0 Å². The molecule has 2 amide bonds. The van der Waals surface area contributed by atoms with Crippen LogP contribution in [0.5, 0.6) is 0 Å². The molecule has 5 heteroatoms. The maximum Gasteiger partial charge on any atom is 0.242 e. The van der Waals surface area contributed by atoms with Gasteiger partial charge in [-0.25, -0.2) is 0 Å². The molecule has 0 spiro atoms. The molecule has 18 heavy (non-hydrogen) atoms. The van der Waals surface area contributed by atoms with Crippen molar-refractivity contribution in [3.63, 3.8) is 0 Å². The average molecular weight is 254 g/mol. The topological polar surface area (TPSA) is 69.6 Å². The Labute approximate surface area is 108 Å². The van der Waals surface area contributed by atoms with Gasteiger partial charge in [0.25, 0.3) is 0 Å². The number of hydrogen-bond donors (Lipinski definition) is 2. The van der Waals surface area contributed by atoms with Crippen molar-refractivity contribution in [2.75, 3.05) is 19.7 Å². The van der Waals surface area contributed by atoms with Crippen LogP contribution in [0.15, 0.2) is 0 Å². The van der Waals surface area contributed by atoms with Crippen molar-refractivity contribution in [2.24, 2.45) is 5.92 Å². The summed E-state index contributed by atoms with van der Waals surface area (Å²) >= 11 is 0. The summed E-state index contributed by atoms with van der Waals surface area (Å²) in [7, 11) is 0. The Morgan fingerprint density at radius 2 is 1.89 bits per heavy atom. The van der Waals surface area contributed by atoms with Crippen LogP contribution in [0, 0.1) is 5.92 Å². The first-order valence-corrected chi connectivity index (χ1v) is 6.93. The lowest BCUT2D eigenvalue weighted by atomic mass is 10.1. The molecular formula is C13H22N2O3. The fraction of sp³-hybridized carbons (Fsp3) is 0.846. The van der Waals surface area contributed by atoms with Gasteiger partial charge in [0, 0.05) is 19.0 Å². The minimum absolute atomic E-state index is 0.0605. The van der Waals surface area contributed by atoms with Crippen LogP contribution < -0.4 is 5.32 Å². The van der Waals surface area contributed by atoms with Gasteiger partial charge in [0.1, 0.15) is 6.04 Å². The normalized spacial score (nSPS) is 24.5. The second-order valence-electron chi connectivity index (χ2n) is 5.19. The van der Waals surface area contributed by atoms with Gasteiger partial charge in [-0.05, 0) is 25.7 Å². The molecule has 0 radical (unpaired) electrons. The van der Waals surface area contributed by atoms with Gasteiger partial charge in [-0.3, -0.25) is 9.59 Å². The smallest absolute Gasteiger partial charge is 0.242 e. The van der Waals surface area contributed by atoms with E-state index in [1.807, 2.05) is 0 Å². The molecule has 1 aliphatic carbocycles. The standard InChI is InChI=1S/C13H22N2O3/c16-9-7-14-12(17)11-6-3-8-15(11)13(18)10-4-1-2-5-10/h10-11,16H,1-9H2,(H,14,17). The number of hydrogen-bond acceptors (Lipinski definition) is 3. The number of carbonyl (C=O) groups excluding carboxylic acids is 2. The third-order valence-corrected chi connectivity index (χ3v) is 3.95. The zero-order chi connectivity index (χ0) is 13.0. The molecule has 1 saturated heterocycles. The lowest BCUT2D eigenvalue weighted by molar-refractivity contribution is -0.141. The first kappa shape index (κ1) is 13.3. The third kappa shape index (κ3) is 2.83. The summed E-state index contributed by atoms with van der Waals surface area (Å²) in [4.78, 5) is 26.0. The van der Waals surface area contributed by atoms with E-state index >= 15 is 0 Å². The summed E-state index contributed by atoms with van der Waals surface area (Å²) < 4.78 is 0. The highest BCUT2D eigenvalue weighted by molar-refractivity contribution is 5.89. The van der Waals surface area contributed by atoms with E-state index in [-0.39, 0.29) is 36.9 Å². The van der Waals surface area contributed by atoms with Crippen LogP contribution in [-0.2, 0) is 9.59 Å². The van der Waals surface area contributed by atoms with E-state index < -0.39 is 0 Å². The number of likely N-dealkylation sites (tertiary alicyclic amines) is 1. The van der Waals surface area contributed by atoms with E-state index in [4.69, 9.17) is 5.11 Å². The number of carbonyl (C=O) groups is 2. The first-order chi connectivity index (χ1) is 8.74. The average Bonchev–Trinajstić information content (AvgIpc) is 3.04. The fourth-order valence-corrected chi connectivity index (χ4v) is 3.01. The molecular weight excluding hydrogens is 232 g/mol. The second kappa shape index (κ2) is 6.18. The monoisotopic (exact) mass is 254 g/mol. The van der Waals surface area contributed by atoms with Crippen LogP contribution >= 0.6 is 0 Å². The van der Waals surface area contributed by atoms with Crippen molar-refractivity contribution < 1.29 is 14.7 Å². The van der Waals surface area contributed by atoms with Crippen molar-refractivity contribution >= 4 is 11.8 Å². The highest BCUT2D eigenvalue weighted by atomic mass is 16.3. The SMILES string of the molecule is O=C(NCCO)C1CCCN1C(=O)C1CCCC1. The van der Waals surface area contributed by atoms with Gasteiger partial charge in [-0.15, -0.1) is 0 Å². The number of nitrogens with zero attached hydrogens (tertiary/aromatic N) is 1. The molecule has 0 bridgehead atoms. The Kier molecular flexibility index (Phi) is 4.58.